The van der Waals surface area contributed by atoms with Crippen LogP contribution in [0.5, 0.6) is 0 Å². The molecule has 0 saturated carbocycles. The Bertz CT molecular complexity index is 523. The van der Waals surface area contributed by atoms with Gasteiger partial charge in [0.15, 0.2) is 0 Å². The van der Waals surface area contributed by atoms with E-state index in [2.05, 4.69) is 9.55 Å². The van der Waals surface area contributed by atoms with Gasteiger partial charge in [0.2, 0.25) is 0 Å². The molecule has 1 aromatic heterocycles. The van der Waals surface area contributed by atoms with Crippen molar-refractivity contribution in [3.05, 3.63) is 29.0 Å². The Morgan fingerprint density at radius 3 is 2.69 bits per heavy atom. The van der Waals surface area contributed by atoms with Gasteiger partial charge in [-0.15, -0.1) is 0 Å². The number of aromatic nitrogens is 2. The quantitative estimate of drug-likeness (QED) is 0.872. The first-order valence-corrected chi connectivity index (χ1v) is 5.65. The Hall–Kier alpha value is -1.06. The van der Waals surface area contributed by atoms with E-state index in [0.29, 0.717) is 5.02 Å². The Morgan fingerprint density at radius 1 is 1.44 bits per heavy atom. The molecule has 0 unspecified atom stereocenters. The molecular weight excluding hydrogens is 222 g/mol. The number of nitrogens with two attached hydrogens (primary N) is 1. The molecule has 0 spiro atoms. The standard InChI is InChI=1S/C12H16ClN3/c1-12(2,14)7-10-15-11-8(13)5-4-6-9(11)16(10)3/h4-6H,7,14H2,1-3H3. The van der Waals surface area contributed by atoms with E-state index in [-0.39, 0.29) is 5.54 Å². The molecule has 0 fully saturated rings. The zero-order valence-corrected chi connectivity index (χ0v) is 10.5. The van der Waals surface area contributed by atoms with Crippen LogP contribution in [0.2, 0.25) is 5.02 Å². The van der Waals surface area contributed by atoms with E-state index in [9.17, 15) is 0 Å². The predicted molar refractivity (Wildman–Crippen MR) is 67.7 cm³/mol. The molecule has 86 valence electrons. The molecule has 4 heteroatoms. The largest absolute Gasteiger partial charge is 0.331 e. The molecule has 2 aromatic rings. The lowest BCUT2D eigenvalue weighted by atomic mass is 10.0. The lowest BCUT2D eigenvalue weighted by Gasteiger charge is -2.17. The van der Waals surface area contributed by atoms with Gasteiger partial charge in [-0.2, -0.15) is 0 Å². The number of aryl methyl sites for hydroxylation is 1. The van der Waals surface area contributed by atoms with Crippen molar-refractivity contribution in [2.24, 2.45) is 12.8 Å². The van der Waals surface area contributed by atoms with Crippen LogP contribution < -0.4 is 5.73 Å². The number of hydrogen-bond acceptors (Lipinski definition) is 2. The zero-order valence-electron chi connectivity index (χ0n) is 9.79. The average Bonchev–Trinajstić information content (AvgIpc) is 2.44. The Labute approximate surface area is 100 Å². The summed E-state index contributed by atoms with van der Waals surface area (Å²) in [5.74, 6) is 0.968. The normalized spacial score (nSPS) is 12.3. The zero-order chi connectivity index (χ0) is 11.9. The third kappa shape index (κ3) is 2.06. The fourth-order valence-corrected chi connectivity index (χ4v) is 2.01. The van der Waals surface area contributed by atoms with Crippen molar-refractivity contribution in [2.75, 3.05) is 0 Å². The van der Waals surface area contributed by atoms with Gasteiger partial charge in [-0.3, -0.25) is 0 Å². The maximum Gasteiger partial charge on any atom is 0.111 e. The van der Waals surface area contributed by atoms with Crippen LogP contribution in [-0.2, 0) is 13.5 Å². The molecule has 16 heavy (non-hydrogen) atoms. The van der Waals surface area contributed by atoms with Crippen molar-refractivity contribution in [2.45, 2.75) is 25.8 Å². The average molecular weight is 238 g/mol. The monoisotopic (exact) mass is 237 g/mol. The third-order valence-electron chi connectivity index (χ3n) is 2.57. The van der Waals surface area contributed by atoms with Crippen molar-refractivity contribution in [1.29, 1.82) is 0 Å². The van der Waals surface area contributed by atoms with E-state index >= 15 is 0 Å². The topological polar surface area (TPSA) is 43.8 Å². The van der Waals surface area contributed by atoms with Crippen molar-refractivity contribution in [1.82, 2.24) is 9.55 Å². The van der Waals surface area contributed by atoms with Gasteiger partial charge in [-0.1, -0.05) is 17.7 Å². The van der Waals surface area contributed by atoms with E-state index in [1.165, 1.54) is 0 Å². The SMILES string of the molecule is Cn1c(CC(C)(C)N)nc2c(Cl)cccc21. The van der Waals surface area contributed by atoms with Crippen molar-refractivity contribution in [3.63, 3.8) is 0 Å². The van der Waals surface area contributed by atoms with Crippen LogP contribution in [0.15, 0.2) is 18.2 Å². The highest BCUT2D eigenvalue weighted by Gasteiger charge is 2.17. The van der Waals surface area contributed by atoms with Gasteiger partial charge >= 0.3 is 0 Å². The second-order valence-corrected chi connectivity index (χ2v) is 5.27. The van der Waals surface area contributed by atoms with Crippen LogP contribution in [0.25, 0.3) is 11.0 Å². The molecule has 1 aromatic carbocycles. The van der Waals surface area contributed by atoms with Crippen LogP contribution >= 0.6 is 11.6 Å². The summed E-state index contributed by atoms with van der Waals surface area (Å²) in [5.41, 5.74) is 7.65. The first kappa shape index (κ1) is 11.4. The highest BCUT2D eigenvalue weighted by molar-refractivity contribution is 6.34. The van der Waals surface area contributed by atoms with Crippen LogP contribution in [0, 0.1) is 0 Å². The molecule has 2 rings (SSSR count). The second-order valence-electron chi connectivity index (χ2n) is 4.86. The summed E-state index contributed by atoms with van der Waals surface area (Å²) in [6.07, 6.45) is 0.731. The summed E-state index contributed by atoms with van der Waals surface area (Å²) < 4.78 is 2.05. The fourth-order valence-electron chi connectivity index (χ4n) is 1.79. The van der Waals surface area contributed by atoms with Gasteiger partial charge in [0, 0.05) is 19.0 Å². The Morgan fingerprint density at radius 2 is 2.12 bits per heavy atom. The lowest BCUT2D eigenvalue weighted by molar-refractivity contribution is 0.495. The minimum Gasteiger partial charge on any atom is -0.331 e. The number of rotatable bonds is 2. The van der Waals surface area contributed by atoms with Crippen molar-refractivity contribution >= 4 is 22.6 Å². The van der Waals surface area contributed by atoms with Crippen LogP contribution in [0.4, 0.5) is 0 Å². The number of hydrogen-bond donors (Lipinski definition) is 1. The molecule has 1 heterocycles. The van der Waals surface area contributed by atoms with Gasteiger partial charge in [-0.05, 0) is 26.0 Å². The van der Waals surface area contributed by atoms with Crippen molar-refractivity contribution < 1.29 is 0 Å². The van der Waals surface area contributed by atoms with Gasteiger partial charge in [0.1, 0.15) is 11.3 Å². The maximum absolute atomic E-state index is 6.11. The second kappa shape index (κ2) is 3.75. The number of benzene rings is 1. The number of para-hydroxylation sites is 1. The first-order valence-electron chi connectivity index (χ1n) is 5.27. The highest BCUT2D eigenvalue weighted by atomic mass is 35.5. The Balaban J connectivity index is 2.56. The minimum atomic E-state index is -0.262. The maximum atomic E-state index is 6.11. The van der Waals surface area contributed by atoms with Gasteiger partial charge in [0.05, 0.1) is 10.5 Å². The van der Waals surface area contributed by atoms with Crippen LogP contribution in [-0.4, -0.2) is 15.1 Å². The Kier molecular flexibility index (Phi) is 2.68. The summed E-state index contributed by atoms with van der Waals surface area (Å²) >= 11 is 6.11. The van der Waals surface area contributed by atoms with Gasteiger partial charge in [-0.25, -0.2) is 4.98 Å². The third-order valence-corrected chi connectivity index (χ3v) is 2.87. The summed E-state index contributed by atoms with van der Waals surface area (Å²) in [6.45, 7) is 3.99. The van der Waals surface area contributed by atoms with Crippen LogP contribution in [0.3, 0.4) is 0 Å². The summed E-state index contributed by atoms with van der Waals surface area (Å²) in [6, 6.07) is 5.80. The predicted octanol–water partition coefficient (Wildman–Crippen LogP) is 2.51. The van der Waals surface area contributed by atoms with E-state index in [4.69, 9.17) is 17.3 Å². The summed E-state index contributed by atoms with van der Waals surface area (Å²) in [5, 5.41) is 0.689. The molecule has 0 bridgehead atoms. The molecule has 0 amide bonds. The molecule has 0 aliphatic heterocycles. The van der Waals surface area contributed by atoms with Gasteiger partial charge < -0.3 is 10.3 Å². The summed E-state index contributed by atoms with van der Waals surface area (Å²) in [4.78, 5) is 4.55. The van der Waals surface area contributed by atoms with E-state index in [1.54, 1.807) is 0 Å². The number of fused-ring (bicyclic) bond motifs is 1. The lowest BCUT2D eigenvalue weighted by Crippen LogP contribution is -2.35. The van der Waals surface area contributed by atoms with E-state index < -0.39 is 0 Å². The number of nitrogens with zero attached hydrogens (tertiary/aromatic N) is 2. The minimum absolute atomic E-state index is 0.262. The molecule has 0 aliphatic rings. The molecule has 3 nitrogen and oxygen atoms in total. The molecule has 2 N–H and O–H groups in total. The summed E-state index contributed by atoms with van der Waals surface area (Å²) in [7, 11) is 1.99. The van der Waals surface area contributed by atoms with Crippen molar-refractivity contribution in [3.8, 4) is 0 Å². The number of imidazole rings is 1. The van der Waals surface area contributed by atoms with E-state index in [0.717, 1.165) is 23.3 Å². The molecule has 0 aliphatic carbocycles. The number of halogens is 1. The molecular formula is C12H16ClN3. The fraction of sp³-hybridized carbons (Fsp3) is 0.417. The first-order chi connectivity index (χ1) is 7.38. The van der Waals surface area contributed by atoms with Crippen LogP contribution in [0.1, 0.15) is 19.7 Å². The smallest absolute Gasteiger partial charge is 0.111 e. The molecule has 0 radical (unpaired) electrons. The molecule has 0 saturated heterocycles. The highest BCUT2D eigenvalue weighted by Crippen LogP contribution is 2.24. The molecule has 0 atom stereocenters. The van der Waals surface area contributed by atoms with E-state index in [1.807, 2.05) is 39.1 Å². The van der Waals surface area contributed by atoms with Gasteiger partial charge in [0.25, 0.3) is 0 Å².